The Kier molecular flexibility index (Phi) is 3.29. The summed E-state index contributed by atoms with van der Waals surface area (Å²) in [5.41, 5.74) is 1.74. The number of hydrogen-bond acceptors (Lipinski definition) is 0. The van der Waals surface area contributed by atoms with E-state index >= 15 is 0 Å². The highest BCUT2D eigenvalue weighted by Crippen LogP contribution is 2.33. The fourth-order valence-corrected chi connectivity index (χ4v) is 2.46. The van der Waals surface area contributed by atoms with Crippen LogP contribution < -0.4 is 0 Å². The Balaban J connectivity index is 3.33. The van der Waals surface area contributed by atoms with Crippen molar-refractivity contribution >= 4 is 31.9 Å². The van der Waals surface area contributed by atoms with Crippen LogP contribution in [0.3, 0.4) is 0 Å². The molecule has 12 heavy (non-hydrogen) atoms. The smallest absolute Gasteiger partial charge is 0.128 e. The van der Waals surface area contributed by atoms with E-state index in [1.54, 1.807) is 6.07 Å². The topological polar surface area (TPSA) is 0 Å². The fraction of sp³-hybridized carbons (Fsp3) is 0.333. The second kappa shape index (κ2) is 3.88. The molecule has 0 radical (unpaired) electrons. The van der Waals surface area contributed by atoms with Gasteiger partial charge in [0, 0.05) is 14.9 Å². The van der Waals surface area contributed by atoms with E-state index in [0.29, 0.717) is 5.56 Å². The van der Waals surface area contributed by atoms with E-state index < -0.39 is 0 Å². The summed E-state index contributed by atoms with van der Waals surface area (Å²) in [7, 11) is 0. The van der Waals surface area contributed by atoms with Crippen LogP contribution in [0, 0.1) is 12.7 Å². The van der Waals surface area contributed by atoms with Gasteiger partial charge in [0.2, 0.25) is 0 Å². The first-order valence-corrected chi connectivity index (χ1v) is 5.33. The maximum Gasteiger partial charge on any atom is 0.128 e. The zero-order chi connectivity index (χ0) is 9.30. The predicted molar refractivity (Wildman–Crippen MR) is 56.2 cm³/mol. The summed E-state index contributed by atoms with van der Waals surface area (Å²) in [5, 5.41) is 0. The Labute approximate surface area is 88.4 Å². The van der Waals surface area contributed by atoms with Crippen molar-refractivity contribution in [2.45, 2.75) is 18.7 Å². The molecule has 0 spiro atoms. The molecular weight excluding hydrogens is 287 g/mol. The van der Waals surface area contributed by atoms with Crippen molar-refractivity contribution in [1.82, 2.24) is 0 Å². The lowest BCUT2D eigenvalue weighted by Crippen LogP contribution is -1.93. The van der Waals surface area contributed by atoms with Crippen LogP contribution in [0.4, 0.5) is 4.39 Å². The summed E-state index contributed by atoms with van der Waals surface area (Å²) in [4.78, 5) is 0.0341. The summed E-state index contributed by atoms with van der Waals surface area (Å²) < 4.78 is 14.1. The number of hydrogen-bond donors (Lipinski definition) is 0. The summed E-state index contributed by atoms with van der Waals surface area (Å²) in [6.45, 7) is 3.85. The van der Waals surface area contributed by atoms with Gasteiger partial charge in [0.25, 0.3) is 0 Å². The maximum absolute atomic E-state index is 13.2. The molecular formula is C9H9Br2F. The number of aryl methyl sites for hydroxylation is 1. The van der Waals surface area contributed by atoms with E-state index in [9.17, 15) is 4.39 Å². The van der Waals surface area contributed by atoms with Crippen LogP contribution in [-0.4, -0.2) is 0 Å². The second-order valence-electron chi connectivity index (χ2n) is 2.71. The lowest BCUT2D eigenvalue weighted by molar-refractivity contribution is 0.609. The minimum atomic E-state index is -0.170. The molecule has 1 aromatic carbocycles. The molecule has 1 rings (SSSR count). The molecule has 0 N–H and O–H groups in total. The molecule has 66 valence electrons. The molecule has 0 aromatic heterocycles. The van der Waals surface area contributed by atoms with Crippen LogP contribution in [0.2, 0.25) is 0 Å². The number of rotatable bonds is 1. The van der Waals surface area contributed by atoms with Gasteiger partial charge in [0.1, 0.15) is 5.82 Å². The van der Waals surface area contributed by atoms with Gasteiger partial charge in [-0.2, -0.15) is 0 Å². The number of benzene rings is 1. The zero-order valence-electron chi connectivity index (χ0n) is 6.87. The van der Waals surface area contributed by atoms with Gasteiger partial charge in [0.15, 0.2) is 0 Å². The standard InChI is InChI=1S/C9H9Br2F/c1-5-3-4-7(12)8(6(2)10)9(5)11/h3-4,6H,1-2H3. The Morgan fingerprint density at radius 3 is 2.42 bits per heavy atom. The average Bonchev–Trinajstić information content (AvgIpc) is 1.97. The van der Waals surface area contributed by atoms with Crippen LogP contribution in [0.1, 0.15) is 22.9 Å². The minimum Gasteiger partial charge on any atom is -0.207 e. The van der Waals surface area contributed by atoms with Crippen molar-refractivity contribution in [3.05, 3.63) is 33.5 Å². The van der Waals surface area contributed by atoms with Crippen molar-refractivity contribution in [2.75, 3.05) is 0 Å². The van der Waals surface area contributed by atoms with Gasteiger partial charge in [0.05, 0.1) is 0 Å². The van der Waals surface area contributed by atoms with E-state index in [4.69, 9.17) is 0 Å². The SMILES string of the molecule is Cc1ccc(F)c(C(C)Br)c1Br. The Hall–Kier alpha value is 0.110. The van der Waals surface area contributed by atoms with E-state index in [2.05, 4.69) is 31.9 Å². The third-order valence-corrected chi connectivity index (χ3v) is 3.23. The van der Waals surface area contributed by atoms with Crippen molar-refractivity contribution in [1.29, 1.82) is 0 Å². The summed E-state index contributed by atoms with van der Waals surface area (Å²) in [5.74, 6) is -0.170. The highest BCUT2D eigenvalue weighted by atomic mass is 79.9. The average molecular weight is 296 g/mol. The molecule has 1 atom stereocenters. The second-order valence-corrected chi connectivity index (χ2v) is 4.87. The fourth-order valence-electron chi connectivity index (χ4n) is 1.04. The van der Waals surface area contributed by atoms with E-state index in [-0.39, 0.29) is 10.6 Å². The predicted octanol–water partition coefficient (Wildman–Crippen LogP) is 4.35. The molecule has 0 fully saturated rings. The first kappa shape index (κ1) is 10.2. The first-order valence-electron chi connectivity index (χ1n) is 3.62. The number of alkyl halides is 1. The van der Waals surface area contributed by atoms with E-state index in [1.807, 2.05) is 13.8 Å². The maximum atomic E-state index is 13.2. The van der Waals surface area contributed by atoms with E-state index in [1.165, 1.54) is 6.07 Å². The lowest BCUT2D eigenvalue weighted by Gasteiger charge is -2.10. The normalized spacial score (nSPS) is 13.1. The Morgan fingerprint density at radius 2 is 2.00 bits per heavy atom. The van der Waals surface area contributed by atoms with Crippen LogP contribution in [-0.2, 0) is 0 Å². The zero-order valence-corrected chi connectivity index (χ0v) is 10.0. The third-order valence-electron chi connectivity index (χ3n) is 1.72. The minimum absolute atomic E-state index is 0.0341. The molecule has 0 aliphatic rings. The van der Waals surface area contributed by atoms with Crippen molar-refractivity contribution < 1.29 is 4.39 Å². The molecule has 1 aromatic rings. The molecule has 0 saturated carbocycles. The summed E-state index contributed by atoms with van der Waals surface area (Å²) in [6.07, 6.45) is 0. The third kappa shape index (κ3) is 1.88. The van der Waals surface area contributed by atoms with Crippen LogP contribution >= 0.6 is 31.9 Å². The Morgan fingerprint density at radius 1 is 1.42 bits per heavy atom. The molecule has 0 aliphatic carbocycles. The molecule has 0 nitrogen and oxygen atoms in total. The van der Waals surface area contributed by atoms with Crippen molar-refractivity contribution in [3.8, 4) is 0 Å². The largest absolute Gasteiger partial charge is 0.207 e. The molecule has 0 aliphatic heterocycles. The van der Waals surface area contributed by atoms with Crippen LogP contribution in [0.25, 0.3) is 0 Å². The van der Waals surface area contributed by atoms with Crippen molar-refractivity contribution in [3.63, 3.8) is 0 Å². The van der Waals surface area contributed by atoms with Gasteiger partial charge in [-0.05, 0) is 25.5 Å². The summed E-state index contributed by atoms with van der Waals surface area (Å²) in [6, 6.07) is 3.26. The molecule has 1 unspecified atom stereocenters. The van der Waals surface area contributed by atoms with Gasteiger partial charge in [-0.3, -0.25) is 0 Å². The van der Waals surface area contributed by atoms with Crippen LogP contribution in [0.5, 0.6) is 0 Å². The van der Waals surface area contributed by atoms with E-state index in [0.717, 1.165) is 10.0 Å². The monoisotopic (exact) mass is 294 g/mol. The molecule has 0 bridgehead atoms. The highest BCUT2D eigenvalue weighted by Gasteiger charge is 2.13. The van der Waals surface area contributed by atoms with Gasteiger partial charge in [-0.1, -0.05) is 37.9 Å². The van der Waals surface area contributed by atoms with Gasteiger partial charge < -0.3 is 0 Å². The highest BCUT2D eigenvalue weighted by molar-refractivity contribution is 9.11. The number of halogens is 3. The first-order chi connectivity index (χ1) is 5.54. The quantitative estimate of drug-likeness (QED) is 0.676. The van der Waals surface area contributed by atoms with Gasteiger partial charge in [-0.15, -0.1) is 0 Å². The molecule has 0 saturated heterocycles. The Bertz CT molecular complexity index is 295. The van der Waals surface area contributed by atoms with Crippen molar-refractivity contribution in [2.24, 2.45) is 0 Å². The lowest BCUT2D eigenvalue weighted by atomic mass is 10.1. The van der Waals surface area contributed by atoms with Gasteiger partial charge in [-0.25, -0.2) is 4.39 Å². The molecule has 0 heterocycles. The summed E-state index contributed by atoms with van der Waals surface area (Å²) >= 11 is 6.71. The van der Waals surface area contributed by atoms with Crippen LogP contribution in [0.15, 0.2) is 16.6 Å². The van der Waals surface area contributed by atoms with Gasteiger partial charge >= 0.3 is 0 Å². The molecule has 3 heteroatoms. The molecule has 0 amide bonds.